The number of rotatable bonds is 4. The van der Waals surface area contributed by atoms with Crippen molar-refractivity contribution in [3.05, 3.63) is 29.3 Å². The maximum Gasteiger partial charge on any atom is 0.226 e. The van der Waals surface area contributed by atoms with E-state index in [1.807, 2.05) is 4.90 Å². The maximum absolute atomic E-state index is 12.6. The Balaban J connectivity index is 1.69. The van der Waals surface area contributed by atoms with Gasteiger partial charge in [0.05, 0.1) is 0 Å². The summed E-state index contributed by atoms with van der Waals surface area (Å²) in [5, 5.41) is 3.38. The average molecular weight is 300 g/mol. The highest BCUT2D eigenvalue weighted by Crippen LogP contribution is 2.31. The van der Waals surface area contributed by atoms with Gasteiger partial charge in [-0.1, -0.05) is 26.0 Å². The Hall–Kier alpha value is -1.35. The zero-order chi connectivity index (χ0) is 15.5. The van der Waals surface area contributed by atoms with Crippen molar-refractivity contribution >= 4 is 11.6 Å². The molecule has 3 heteroatoms. The molecule has 1 N–H and O–H groups in total. The first kappa shape index (κ1) is 15.5. The van der Waals surface area contributed by atoms with Crippen LogP contribution in [0.4, 0.5) is 5.69 Å². The minimum Gasteiger partial charge on any atom is -0.316 e. The van der Waals surface area contributed by atoms with Crippen LogP contribution in [0.2, 0.25) is 0 Å². The summed E-state index contributed by atoms with van der Waals surface area (Å²) in [4.78, 5) is 14.7. The van der Waals surface area contributed by atoms with Crippen molar-refractivity contribution in [1.82, 2.24) is 5.32 Å². The van der Waals surface area contributed by atoms with Gasteiger partial charge in [-0.25, -0.2) is 0 Å². The predicted molar refractivity (Wildman–Crippen MR) is 91.4 cm³/mol. The van der Waals surface area contributed by atoms with E-state index in [1.165, 1.54) is 17.5 Å². The Labute approximate surface area is 134 Å². The Morgan fingerprint density at radius 3 is 3.00 bits per heavy atom. The number of carbonyl (C=O) groups is 1. The average Bonchev–Trinajstić information content (AvgIpc) is 3.04. The lowest BCUT2D eigenvalue weighted by Gasteiger charge is -2.30. The third-order valence-corrected chi connectivity index (χ3v) is 5.12. The second-order valence-corrected chi connectivity index (χ2v) is 7.09. The molecule has 1 unspecified atom stereocenters. The second-order valence-electron chi connectivity index (χ2n) is 7.09. The summed E-state index contributed by atoms with van der Waals surface area (Å²) in [5.74, 6) is 1.55. The van der Waals surface area contributed by atoms with E-state index < -0.39 is 0 Å². The van der Waals surface area contributed by atoms with E-state index in [4.69, 9.17) is 0 Å². The van der Waals surface area contributed by atoms with Gasteiger partial charge < -0.3 is 10.2 Å². The number of carbonyl (C=O) groups excluding carboxylic acids is 1. The molecular weight excluding hydrogens is 272 g/mol. The molecule has 0 saturated carbocycles. The quantitative estimate of drug-likeness (QED) is 0.923. The molecule has 0 aliphatic carbocycles. The fourth-order valence-corrected chi connectivity index (χ4v) is 3.66. The molecule has 1 fully saturated rings. The highest BCUT2D eigenvalue weighted by atomic mass is 16.2. The van der Waals surface area contributed by atoms with Gasteiger partial charge in [-0.2, -0.15) is 0 Å². The number of hydrogen-bond donors (Lipinski definition) is 1. The summed E-state index contributed by atoms with van der Waals surface area (Å²) in [7, 11) is 0. The lowest BCUT2D eigenvalue weighted by molar-refractivity contribution is -0.119. The van der Waals surface area contributed by atoms with Gasteiger partial charge in [0.25, 0.3) is 0 Å². The van der Waals surface area contributed by atoms with Crippen molar-refractivity contribution in [1.29, 1.82) is 0 Å². The third kappa shape index (κ3) is 3.35. The molecular formula is C19H28N2O. The largest absolute Gasteiger partial charge is 0.316 e. The smallest absolute Gasteiger partial charge is 0.226 e. The molecule has 2 heterocycles. The Morgan fingerprint density at radius 1 is 1.41 bits per heavy atom. The fourth-order valence-electron chi connectivity index (χ4n) is 3.66. The summed E-state index contributed by atoms with van der Waals surface area (Å²) in [5.41, 5.74) is 3.89. The van der Waals surface area contributed by atoms with Gasteiger partial charge in [0.1, 0.15) is 0 Å². The zero-order valence-corrected chi connectivity index (χ0v) is 13.9. The minimum atomic E-state index is 0.310. The molecule has 120 valence electrons. The van der Waals surface area contributed by atoms with Crippen LogP contribution in [0, 0.1) is 5.92 Å². The molecule has 1 aromatic carbocycles. The van der Waals surface area contributed by atoms with Gasteiger partial charge in [-0.15, -0.1) is 0 Å². The number of fused-ring (bicyclic) bond motifs is 1. The molecule has 0 aromatic heterocycles. The van der Waals surface area contributed by atoms with Crippen molar-refractivity contribution in [3.63, 3.8) is 0 Å². The van der Waals surface area contributed by atoms with Crippen molar-refractivity contribution in [2.75, 3.05) is 24.5 Å². The van der Waals surface area contributed by atoms with Crippen LogP contribution in [0.5, 0.6) is 0 Å². The Kier molecular flexibility index (Phi) is 4.82. The number of amides is 1. The molecule has 0 bridgehead atoms. The van der Waals surface area contributed by atoms with Crippen LogP contribution in [0.1, 0.15) is 56.6 Å². The first-order valence-electron chi connectivity index (χ1n) is 8.79. The van der Waals surface area contributed by atoms with Crippen LogP contribution in [0.3, 0.4) is 0 Å². The molecule has 0 radical (unpaired) electrons. The maximum atomic E-state index is 12.6. The first-order valence-corrected chi connectivity index (χ1v) is 8.79. The van der Waals surface area contributed by atoms with Crippen molar-refractivity contribution < 1.29 is 4.79 Å². The monoisotopic (exact) mass is 300 g/mol. The molecule has 0 spiro atoms. The van der Waals surface area contributed by atoms with Gasteiger partial charge in [0.2, 0.25) is 5.91 Å². The van der Waals surface area contributed by atoms with Gasteiger partial charge in [-0.05, 0) is 67.8 Å². The number of nitrogens with zero attached hydrogens (tertiary/aromatic N) is 1. The predicted octanol–water partition coefficient (Wildman–Crippen LogP) is 3.48. The van der Waals surface area contributed by atoms with Gasteiger partial charge in [0, 0.05) is 18.7 Å². The van der Waals surface area contributed by atoms with Gasteiger partial charge in [0.15, 0.2) is 0 Å². The molecule has 2 aliphatic rings. The topological polar surface area (TPSA) is 32.3 Å². The number of nitrogens with one attached hydrogen (secondary N) is 1. The lowest BCUT2D eigenvalue weighted by Crippen LogP contribution is -2.35. The highest BCUT2D eigenvalue weighted by Gasteiger charge is 2.24. The van der Waals surface area contributed by atoms with Gasteiger partial charge >= 0.3 is 0 Å². The normalized spacial score (nSPS) is 21.2. The van der Waals surface area contributed by atoms with Crippen LogP contribution in [0.25, 0.3) is 0 Å². The minimum absolute atomic E-state index is 0.310. The summed E-state index contributed by atoms with van der Waals surface area (Å²) >= 11 is 0. The summed E-state index contributed by atoms with van der Waals surface area (Å²) in [6.07, 6.45) is 5.14. The van der Waals surface area contributed by atoms with E-state index in [2.05, 4.69) is 37.4 Å². The van der Waals surface area contributed by atoms with E-state index in [0.717, 1.165) is 44.6 Å². The van der Waals surface area contributed by atoms with Crippen LogP contribution >= 0.6 is 0 Å². The van der Waals surface area contributed by atoms with Crippen LogP contribution in [-0.2, 0) is 11.2 Å². The van der Waals surface area contributed by atoms with E-state index in [9.17, 15) is 4.79 Å². The zero-order valence-electron chi connectivity index (χ0n) is 13.9. The fraction of sp³-hybridized carbons (Fsp3) is 0.632. The molecule has 2 aliphatic heterocycles. The number of benzene rings is 1. The van der Waals surface area contributed by atoms with E-state index in [0.29, 0.717) is 24.2 Å². The van der Waals surface area contributed by atoms with Crippen LogP contribution in [-0.4, -0.2) is 25.5 Å². The van der Waals surface area contributed by atoms with E-state index in [1.54, 1.807) is 0 Å². The van der Waals surface area contributed by atoms with Crippen molar-refractivity contribution in [2.45, 2.75) is 51.9 Å². The third-order valence-electron chi connectivity index (χ3n) is 5.12. The molecule has 1 aromatic rings. The molecule has 1 amide bonds. The Morgan fingerprint density at radius 2 is 2.27 bits per heavy atom. The number of anilines is 1. The molecule has 22 heavy (non-hydrogen) atoms. The summed E-state index contributed by atoms with van der Waals surface area (Å²) in [6, 6.07) is 6.66. The lowest BCUT2D eigenvalue weighted by atomic mass is 9.94. The SMILES string of the molecule is CC(C)c1ccc2c(c1)CCCN2C(=O)CCC1CCNC1. The van der Waals surface area contributed by atoms with Crippen molar-refractivity contribution in [3.8, 4) is 0 Å². The first-order chi connectivity index (χ1) is 10.6. The van der Waals surface area contributed by atoms with E-state index >= 15 is 0 Å². The second kappa shape index (κ2) is 6.82. The molecule has 1 saturated heterocycles. The van der Waals surface area contributed by atoms with Gasteiger partial charge in [-0.3, -0.25) is 4.79 Å². The van der Waals surface area contributed by atoms with Crippen LogP contribution in [0.15, 0.2) is 18.2 Å². The summed E-state index contributed by atoms with van der Waals surface area (Å²) in [6.45, 7) is 7.53. The summed E-state index contributed by atoms with van der Waals surface area (Å²) < 4.78 is 0. The number of hydrogen-bond acceptors (Lipinski definition) is 2. The highest BCUT2D eigenvalue weighted by molar-refractivity contribution is 5.94. The van der Waals surface area contributed by atoms with Crippen LogP contribution < -0.4 is 10.2 Å². The van der Waals surface area contributed by atoms with E-state index in [-0.39, 0.29) is 0 Å². The molecule has 1 atom stereocenters. The molecule has 3 rings (SSSR count). The number of aryl methyl sites for hydroxylation is 1. The van der Waals surface area contributed by atoms with Crippen molar-refractivity contribution in [2.24, 2.45) is 5.92 Å². The standard InChI is InChI=1S/C19H28N2O/c1-14(2)16-6-7-18-17(12-16)4-3-11-21(18)19(22)8-5-15-9-10-20-13-15/h6-7,12,14-15,20H,3-5,8-11,13H2,1-2H3. The Bertz CT molecular complexity index is 532. The molecule has 3 nitrogen and oxygen atoms in total.